The smallest absolute Gasteiger partial charge is 0.330 e. The summed E-state index contributed by atoms with van der Waals surface area (Å²) in [5.41, 5.74) is -1.01. The molecule has 2 atom stereocenters. The monoisotopic (exact) mass is 240 g/mol. The first-order chi connectivity index (χ1) is 8.06. The van der Waals surface area contributed by atoms with Crippen molar-refractivity contribution in [2.24, 2.45) is 0 Å². The van der Waals surface area contributed by atoms with Gasteiger partial charge < -0.3 is 9.84 Å². The first kappa shape index (κ1) is 11.6. The van der Waals surface area contributed by atoms with Crippen molar-refractivity contribution in [2.45, 2.75) is 31.6 Å². The second-order valence-electron chi connectivity index (χ2n) is 3.91. The lowest BCUT2D eigenvalue weighted by Gasteiger charge is -2.14. The summed E-state index contributed by atoms with van der Waals surface area (Å²) in [6.45, 7) is 0. The highest BCUT2D eigenvalue weighted by molar-refractivity contribution is 5.67. The van der Waals surface area contributed by atoms with Crippen LogP contribution < -0.4 is 11.2 Å². The largest absolute Gasteiger partial charge is 0.481 e. The summed E-state index contributed by atoms with van der Waals surface area (Å²) < 4.78 is 6.71. The van der Waals surface area contributed by atoms with Crippen LogP contribution in [0, 0.1) is 0 Å². The molecule has 0 bridgehead atoms. The lowest BCUT2D eigenvalue weighted by molar-refractivity contribution is -0.140. The van der Waals surface area contributed by atoms with E-state index >= 15 is 0 Å². The second kappa shape index (κ2) is 4.54. The van der Waals surface area contributed by atoms with E-state index < -0.39 is 23.4 Å². The molecule has 92 valence electrons. The van der Waals surface area contributed by atoms with Gasteiger partial charge in [-0.3, -0.25) is 19.1 Å². The van der Waals surface area contributed by atoms with E-state index in [-0.39, 0.29) is 12.5 Å². The van der Waals surface area contributed by atoms with Gasteiger partial charge in [0, 0.05) is 12.3 Å². The molecule has 1 aromatic rings. The number of carbonyl (C=O) groups is 1. The highest BCUT2D eigenvalue weighted by atomic mass is 16.5. The Labute approximate surface area is 95.7 Å². The Morgan fingerprint density at radius 3 is 2.94 bits per heavy atom. The zero-order valence-electron chi connectivity index (χ0n) is 8.96. The van der Waals surface area contributed by atoms with E-state index in [2.05, 4.69) is 4.98 Å². The zero-order valence-corrected chi connectivity index (χ0v) is 8.96. The Morgan fingerprint density at radius 2 is 2.29 bits per heavy atom. The number of aliphatic carboxylic acids is 1. The van der Waals surface area contributed by atoms with E-state index in [4.69, 9.17) is 9.84 Å². The van der Waals surface area contributed by atoms with Crippen LogP contribution in [0.2, 0.25) is 0 Å². The third-order valence-electron chi connectivity index (χ3n) is 2.65. The van der Waals surface area contributed by atoms with Crippen LogP contribution >= 0.6 is 0 Å². The van der Waals surface area contributed by atoms with Gasteiger partial charge in [0.05, 0.1) is 12.5 Å². The minimum Gasteiger partial charge on any atom is -0.481 e. The molecule has 1 aliphatic rings. The molecule has 2 rings (SSSR count). The van der Waals surface area contributed by atoms with Crippen molar-refractivity contribution in [1.82, 2.24) is 9.55 Å². The van der Waals surface area contributed by atoms with Gasteiger partial charge in [0.15, 0.2) is 0 Å². The fourth-order valence-corrected chi connectivity index (χ4v) is 1.89. The number of aromatic nitrogens is 2. The van der Waals surface area contributed by atoms with Crippen molar-refractivity contribution >= 4 is 5.97 Å². The summed E-state index contributed by atoms with van der Waals surface area (Å²) in [4.78, 5) is 35.0. The summed E-state index contributed by atoms with van der Waals surface area (Å²) in [6.07, 6.45) is 1.55. The molecule has 2 heterocycles. The molecule has 7 nitrogen and oxygen atoms in total. The lowest BCUT2D eigenvalue weighted by atomic mass is 10.2. The highest BCUT2D eigenvalue weighted by Gasteiger charge is 2.28. The minimum atomic E-state index is -0.926. The van der Waals surface area contributed by atoms with Gasteiger partial charge in [0.1, 0.15) is 6.23 Å². The number of nitrogens with zero attached hydrogens (tertiary/aromatic N) is 1. The van der Waals surface area contributed by atoms with E-state index in [1.54, 1.807) is 0 Å². The molecule has 7 heteroatoms. The predicted molar refractivity (Wildman–Crippen MR) is 56.7 cm³/mol. The van der Waals surface area contributed by atoms with Gasteiger partial charge >= 0.3 is 11.7 Å². The number of hydrogen-bond donors (Lipinski definition) is 2. The van der Waals surface area contributed by atoms with Crippen LogP contribution in [0.5, 0.6) is 0 Å². The Balaban J connectivity index is 2.12. The maximum absolute atomic E-state index is 11.5. The molecule has 1 aromatic heterocycles. The molecule has 17 heavy (non-hydrogen) atoms. The minimum absolute atomic E-state index is 0.0748. The average molecular weight is 240 g/mol. The maximum atomic E-state index is 11.5. The van der Waals surface area contributed by atoms with Crippen LogP contribution in [0.25, 0.3) is 0 Å². The Hall–Kier alpha value is -1.89. The molecule has 0 amide bonds. The van der Waals surface area contributed by atoms with Crippen molar-refractivity contribution < 1.29 is 14.6 Å². The summed E-state index contributed by atoms with van der Waals surface area (Å²) in [7, 11) is 0. The maximum Gasteiger partial charge on any atom is 0.330 e. The molecule has 2 N–H and O–H groups in total. The normalized spacial score (nSPS) is 23.8. The molecule has 1 fully saturated rings. The molecule has 0 spiro atoms. The summed E-state index contributed by atoms with van der Waals surface area (Å²) >= 11 is 0. The molecule has 1 aliphatic heterocycles. The number of nitrogens with one attached hydrogen (secondary N) is 1. The molecule has 0 unspecified atom stereocenters. The number of H-pyrrole nitrogens is 1. The Bertz CT molecular complexity index is 532. The van der Waals surface area contributed by atoms with Gasteiger partial charge in [-0.05, 0) is 12.8 Å². The van der Waals surface area contributed by atoms with Gasteiger partial charge in [-0.1, -0.05) is 0 Å². The van der Waals surface area contributed by atoms with E-state index in [0.29, 0.717) is 12.8 Å². The quantitative estimate of drug-likeness (QED) is 0.754. The van der Waals surface area contributed by atoms with E-state index in [1.165, 1.54) is 16.8 Å². The van der Waals surface area contributed by atoms with Crippen molar-refractivity contribution in [3.05, 3.63) is 33.1 Å². The van der Waals surface area contributed by atoms with E-state index in [9.17, 15) is 14.4 Å². The Morgan fingerprint density at radius 1 is 1.53 bits per heavy atom. The molecule has 0 radical (unpaired) electrons. The van der Waals surface area contributed by atoms with Crippen LogP contribution in [0.15, 0.2) is 21.9 Å². The van der Waals surface area contributed by atoms with Crippen molar-refractivity contribution in [3.63, 3.8) is 0 Å². The first-order valence-corrected chi connectivity index (χ1v) is 5.25. The Kier molecular flexibility index (Phi) is 3.10. The molecule has 0 aromatic carbocycles. The van der Waals surface area contributed by atoms with Gasteiger partial charge in [-0.25, -0.2) is 4.79 Å². The highest BCUT2D eigenvalue weighted by Crippen LogP contribution is 2.28. The van der Waals surface area contributed by atoms with Crippen molar-refractivity contribution in [1.29, 1.82) is 0 Å². The third kappa shape index (κ3) is 2.62. The fraction of sp³-hybridized carbons (Fsp3) is 0.500. The lowest BCUT2D eigenvalue weighted by Crippen LogP contribution is -2.31. The number of rotatable bonds is 3. The first-order valence-electron chi connectivity index (χ1n) is 5.25. The van der Waals surface area contributed by atoms with Gasteiger partial charge in [0.2, 0.25) is 0 Å². The van der Waals surface area contributed by atoms with Gasteiger partial charge in [0.25, 0.3) is 5.56 Å². The van der Waals surface area contributed by atoms with Gasteiger partial charge in [-0.2, -0.15) is 0 Å². The predicted octanol–water partition coefficient (Wildman–Crippen LogP) is -0.311. The van der Waals surface area contributed by atoms with Crippen LogP contribution in [-0.2, 0) is 9.53 Å². The summed E-state index contributed by atoms with van der Waals surface area (Å²) in [5, 5.41) is 8.63. The second-order valence-corrected chi connectivity index (χ2v) is 3.91. The van der Waals surface area contributed by atoms with E-state index in [1.807, 2.05) is 0 Å². The van der Waals surface area contributed by atoms with Gasteiger partial charge in [-0.15, -0.1) is 0 Å². The molecular weight excluding hydrogens is 228 g/mol. The molecule has 0 saturated carbocycles. The van der Waals surface area contributed by atoms with Crippen LogP contribution in [-0.4, -0.2) is 26.7 Å². The number of carboxylic acid groups (broad SMARTS) is 1. The molecular formula is C10H12N2O5. The van der Waals surface area contributed by atoms with E-state index in [0.717, 1.165) is 0 Å². The number of aromatic amines is 1. The number of ether oxygens (including phenoxy) is 1. The van der Waals surface area contributed by atoms with Crippen LogP contribution in [0.1, 0.15) is 25.5 Å². The fourth-order valence-electron chi connectivity index (χ4n) is 1.89. The molecule has 0 aliphatic carbocycles. The van der Waals surface area contributed by atoms with Crippen LogP contribution in [0.4, 0.5) is 0 Å². The standard InChI is InChI=1S/C10H12N2O5/c13-7-3-4-12(10(16)11-7)8-2-1-6(17-8)5-9(14)15/h3-4,6,8H,1-2,5H2,(H,14,15)(H,11,13,16)/t6-,8+/m0/s1. The topological polar surface area (TPSA) is 101 Å². The average Bonchev–Trinajstić information content (AvgIpc) is 2.65. The SMILES string of the molecule is O=C(O)C[C@@H]1CC[C@H](n2ccc(=O)[nH]c2=O)O1. The number of hydrogen-bond acceptors (Lipinski definition) is 4. The third-order valence-corrected chi connectivity index (χ3v) is 2.65. The zero-order chi connectivity index (χ0) is 12.4. The van der Waals surface area contributed by atoms with Crippen molar-refractivity contribution in [3.8, 4) is 0 Å². The number of carboxylic acids is 1. The molecule has 1 saturated heterocycles. The van der Waals surface area contributed by atoms with Crippen LogP contribution in [0.3, 0.4) is 0 Å². The summed E-state index contributed by atoms with van der Waals surface area (Å²) in [6, 6.07) is 1.23. The van der Waals surface area contributed by atoms with Crippen molar-refractivity contribution in [2.75, 3.05) is 0 Å². The summed E-state index contributed by atoms with van der Waals surface area (Å²) in [5.74, 6) is -0.926.